The maximum absolute atomic E-state index is 11.0. The van der Waals surface area contributed by atoms with E-state index in [-0.39, 0.29) is 0 Å². The second-order valence-corrected chi connectivity index (χ2v) is 3.88. The van der Waals surface area contributed by atoms with E-state index >= 15 is 0 Å². The maximum atomic E-state index is 11.0. The van der Waals surface area contributed by atoms with Crippen LogP contribution in [0, 0.1) is 24.2 Å². The van der Waals surface area contributed by atoms with Crippen LogP contribution in [0.4, 0.5) is 0 Å². The third-order valence-corrected chi connectivity index (χ3v) is 2.46. The molecule has 2 unspecified atom stereocenters. The highest BCUT2D eigenvalue weighted by Gasteiger charge is 2.48. The van der Waals surface area contributed by atoms with E-state index < -0.39 is 17.9 Å². The first-order valence-corrected chi connectivity index (χ1v) is 5.68. The first-order valence-electron chi connectivity index (χ1n) is 5.68. The number of ether oxygens (including phenoxy) is 3. The smallest absolute Gasteiger partial charge is 0.312 e. The molecule has 0 bridgehead atoms. The standard InChI is InChI=1S/C15H12O4/c1-3-4-5-6-7-13-8-10-15(19-13)14(9-11-17-15)18-12(2)16/h1,7-11,14H,4H2,2H3/b13-7-. The molecule has 19 heavy (non-hydrogen) atoms. The van der Waals surface area contributed by atoms with Crippen molar-refractivity contribution in [1.82, 2.24) is 0 Å². The van der Waals surface area contributed by atoms with Gasteiger partial charge in [-0.1, -0.05) is 17.8 Å². The summed E-state index contributed by atoms with van der Waals surface area (Å²) in [4.78, 5) is 11.0. The lowest BCUT2D eigenvalue weighted by Gasteiger charge is -2.27. The molecular weight excluding hydrogens is 244 g/mol. The van der Waals surface area contributed by atoms with Crippen LogP contribution in [0.5, 0.6) is 0 Å². The molecule has 0 radical (unpaired) electrons. The molecule has 4 heteroatoms. The van der Waals surface area contributed by atoms with Crippen LogP contribution < -0.4 is 0 Å². The summed E-state index contributed by atoms with van der Waals surface area (Å²) in [5.41, 5.74) is 0. The zero-order chi connectivity index (χ0) is 13.7. The van der Waals surface area contributed by atoms with Crippen molar-refractivity contribution in [2.75, 3.05) is 0 Å². The summed E-state index contributed by atoms with van der Waals surface area (Å²) in [6.45, 7) is 1.33. The largest absolute Gasteiger partial charge is 0.453 e. The van der Waals surface area contributed by atoms with E-state index in [1.165, 1.54) is 13.2 Å². The Morgan fingerprint density at radius 3 is 3.26 bits per heavy atom. The molecule has 0 saturated carbocycles. The highest BCUT2D eigenvalue weighted by atomic mass is 16.7. The zero-order valence-corrected chi connectivity index (χ0v) is 10.4. The van der Waals surface area contributed by atoms with Crippen LogP contribution in [0.25, 0.3) is 0 Å². The number of terminal acetylenes is 1. The lowest BCUT2D eigenvalue weighted by molar-refractivity contribution is -0.189. The summed E-state index contributed by atoms with van der Waals surface area (Å²) in [6.07, 6.45) is 12.9. The fraction of sp³-hybridized carbons (Fsp3) is 0.267. The molecule has 2 heterocycles. The molecule has 0 fully saturated rings. The van der Waals surface area contributed by atoms with Crippen LogP contribution in [-0.2, 0) is 19.0 Å². The fourth-order valence-corrected chi connectivity index (χ4v) is 1.69. The third-order valence-electron chi connectivity index (χ3n) is 2.46. The minimum absolute atomic E-state index is 0.382. The van der Waals surface area contributed by atoms with Crippen LogP contribution in [-0.4, -0.2) is 17.9 Å². The number of carbonyl (C=O) groups is 1. The zero-order valence-electron chi connectivity index (χ0n) is 10.4. The van der Waals surface area contributed by atoms with E-state index in [9.17, 15) is 4.79 Å². The summed E-state index contributed by atoms with van der Waals surface area (Å²) in [6, 6.07) is 0. The van der Waals surface area contributed by atoms with Crippen LogP contribution in [0.2, 0.25) is 0 Å². The quantitative estimate of drug-likeness (QED) is 0.528. The van der Waals surface area contributed by atoms with Gasteiger partial charge in [0.05, 0.1) is 12.7 Å². The van der Waals surface area contributed by atoms with Crippen molar-refractivity contribution in [3.63, 3.8) is 0 Å². The maximum Gasteiger partial charge on any atom is 0.312 e. The molecule has 2 aliphatic heterocycles. The molecule has 0 aromatic carbocycles. The highest BCUT2D eigenvalue weighted by molar-refractivity contribution is 5.66. The van der Waals surface area contributed by atoms with E-state index in [1.807, 2.05) is 0 Å². The second-order valence-electron chi connectivity index (χ2n) is 3.88. The van der Waals surface area contributed by atoms with Gasteiger partial charge in [0.15, 0.2) is 0 Å². The Hall–Kier alpha value is -2.59. The van der Waals surface area contributed by atoms with E-state index in [0.717, 1.165) is 0 Å². The molecule has 0 amide bonds. The van der Waals surface area contributed by atoms with Crippen molar-refractivity contribution in [3.8, 4) is 24.2 Å². The molecule has 1 spiro atoms. The van der Waals surface area contributed by atoms with Gasteiger partial charge in [-0.3, -0.25) is 4.79 Å². The molecule has 2 aliphatic rings. The average molecular weight is 256 g/mol. The number of hydrogen-bond donors (Lipinski definition) is 0. The van der Waals surface area contributed by atoms with Gasteiger partial charge in [0.2, 0.25) is 6.10 Å². The van der Waals surface area contributed by atoms with Crippen LogP contribution in [0.1, 0.15) is 13.3 Å². The molecule has 0 saturated heterocycles. The predicted molar refractivity (Wildman–Crippen MR) is 68.0 cm³/mol. The van der Waals surface area contributed by atoms with Gasteiger partial charge in [0.25, 0.3) is 0 Å². The van der Waals surface area contributed by atoms with Gasteiger partial charge in [0.1, 0.15) is 5.76 Å². The third kappa shape index (κ3) is 2.81. The molecule has 0 N–H and O–H groups in total. The van der Waals surface area contributed by atoms with E-state index in [4.69, 9.17) is 20.6 Å². The number of allylic oxidation sites excluding steroid dienone is 2. The molecular formula is C15H12O4. The van der Waals surface area contributed by atoms with Gasteiger partial charge in [-0.25, -0.2) is 0 Å². The van der Waals surface area contributed by atoms with Crippen molar-refractivity contribution in [3.05, 3.63) is 36.3 Å². The summed E-state index contributed by atoms with van der Waals surface area (Å²) >= 11 is 0. The highest BCUT2D eigenvalue weighted by Crippen LogP contribution is 2.36. The Bertz CT molecular complexity index is 565. The molecule has 0 aliphatic carbocycles. The lowest BCUT2D eigenvalue weighted by Crippen LogP contribution is -2.40. The summed E-state index contributed by atoms with van der Waals surface area (Å²) < 4.78 is 16.1. The van der Waals surface area contributed by atoms with Gasteiger partial charge in [0, 0.05) is 19.1 Å². The Morgan fingerprint density at radius 1 is 1.68 bits per heavy atom. The lowest BCUT2D eigenvalue weighted by atomic mass is 10.1. The number of carbonyl (C=O) groups excluding carboxylic acids is 1. The van der Waals surface area contributed by atoms with Crippen molar-refractivity contribution >= 4 is 5.97 Å². The van der Waals surface area contributed by atoms with Crippen LogP contribution in [0.15, 0.2) is 36.3 Å². The number of esters is 1. The van der Waals surface area contributed by atoms with Gasteiger partial charge < -0.3 is 14.2 Å². The average Bonchev–Trinajstić information content (AvgIpc) is 2.94. The van der Waals surface area contributed by atoms with Crippen molar-refractivity contribution in [2.24, 2.45) is 0 Å². The van der Waals surface area contributed by atoms with E-state index in [2.05, 4.69) is 17.8 Å². The van der Waals surface area contributed by atoms with E-state index in [0.29, 0.717) is 12.2 Å². The predicted octanol–water partition coefficient (Wildman–Crippen LogP) is 1.66. The minimum Gasteiger partial charge on any atom is -0.453 e. The van der Waals surface area contributed by atoms with Gasteiger partial charge >= 0.3 is 11.8 Å². The number of hydrogen-bond acceptors (Lipinski definition) is 4. The van der Waals surface area contributed by atoms with Crippen LogP contribution in [0.3, 0.4) is 0 Å². The first-order chi connectivity index (χ1) is 9.16. The topological polar surface area (TPSA) is 44.8 Å². The summed E-state index contributed by atoms with van der Waals surface area (Å²) in [5.74, 6) is 6.99. The first kappa shape index (κ1) is 12.9. The van der Waals surface area contributed by atoms with Gasteiger partial charge in [-0.05, 0) is 12.2 Å². The normalized spacial score (nSPS) is 28.4. The molecule has 96 valence electrons. The Labute approximate surface area is 111 Å². The number of rotatable bonds is 1. The van der Waals surface area contributed by atoms with Crippen LogP contribution >= 0.6 is 0 Å². The second kappa shape index (κ2) is 5.37. The monoisotopic (exact) mass is 256 g/mol. The van der Waals surface area contributed by atoms with Crippen molar-refractivity contribution in [2.45, 2.75) is 25.2 Å². The Balaban J connectivity index is 2.06. The summed E-state index contributed by atoms with van der Waals surface area (Å²) in [5, 5.41) is 0. The van der Waals surface area contributed by atoms with Gasteiger partial charge in [-0.15, -0.1) is 6.42 Å². The fourth-order valence-electron chi connectivity index (χ4n) is 1.69. The molecule has 4 nitrogen and oxygen atoms in total. The SMILES string of the molecule is C#CCC#C/C=C1/C=CC2(OC=CC2OC(C)=O)O1. The molecule has 0 aromatic heterocycles. The molecule has 0 aromatic rings. The van der Waals surface area contributed by atoms with Crippen molar-refractivity contribution < 1.29 is 19.0 Å². The minimum atomic E-state index is -1.11. The van der Waals surface area contributed by atoms with E-state index in [1.54, 1.807) is 24.3 Å². The molecule has 2 rings (SSSR count). The van der Waals surface area contributed by atoms with Crippen molar-refractivity contribution in [1.29, 1.82) is 0 Å². The Kier molecular flexibility index (Phi) is 3.63. The van der Waals surface area contributed by atoms with Gasteiger partial charge in [-0.2, -0.15) is 0 Å². The summed E-state index contributed by atoms with van der Waals surface area (Å²) in [7, 11) is 0. The molecule has 2 atom stereocenters. The Morgan fingerprint density at radius 2 is 2.53 bits per heavy atom.